The Bertz CT molecular complexity index is 3720. The number of benzene rings is 3. The Labute approximate surface area is 517 Å². The van der Waals surface area contributed by atoms with Gasteiger partial charge in [-0.3, -0.25) is 53.0 Å². The van der Waals surface area contributed by atoms with Gasteiger partial charge >= 0.3 is 13.3 Å². The number of thiophene rings is 1. The summed E-state index contributed by atoms with van der Waals surface area (Å²) in [7, 11) is -9.92. The molecule has 6 atom stereocenters. The van der Waals surface area contributed by atoms with E-state index in [9.17, 15) is 74.7 Å². The molecule has 28 heteroatoms. The molecule has 9 amide bonds. The molecule has 4 fully saturated rings. The molecule has 23 nitrogen and oxygen atoms in total. The van der Waals surface area contributed by atoms with E-state index in [-0.39, 0.29) is 108 Å². The van der Waals surface area contributed by atoms with E-state index >= 15 is 0 Å². The number of likely N-dealkylation sites (tertiary alicyclic amines) is 1. The summed E-state index contributed by atoms with van der Waals surface area (Å²) in [6.45, 7) is 6.43. The topological polar surface area (TPSA) is 332 Å². The number of carbonyl (C=O) groups excluding carboxylic acids is 9. The third kappa shape index (κ3) is 15.1. The molecule has 8 N–H and O–H groups in total. The zero-order valence-corrected chi connectivity index (χ0v) is 52.1. The number of nitrogens with zero attached hydrogens (tertiary/aromatic N) is 4. The Hall–Kier alpha value is -7.47. The third-order valence-electron chi connectivity index (χ3n) is 17.3. The predicted molar refractivity (Wildman–Crippen MR) is 323 cm³/mol. The van der Waals surface area contributed by atoms with Crippen molar-refractivity contribution < 1.29 is 74.7 Å². The number of hydrogen-bond donors (Lipinski definition) is 7. The van der Waals surface area contributed by atoms with Crippen LogP contribution in [-0.4, -0.2) is 159 Å². The molecular weight excluding hydrogens is 1220 g/mol. The Morgan fingerprint density at radius 3 is 2.26 bits per heavy atom. The highest BCUT2D eigenvalue weighted by atomic mass is 32.2. The van der Waals surface area contributed by atoms with Crippen LogP contribution in [-0.2, 0) is 72.2 Å². The van der Waals surface area contributed by atoms with E-state index in [1.165, 1.54) is 15.9 Å². The smallest absolute Gasteiger partial charge is 0.370 e. The maximum atomic E-state index is 14.8. The van der Waals surface area contributed by atoms with E-state index in [1.807, 2.05) is 30.3 Å². The number of alkyl halides is 2. The van der Waals surface area contributed by atoms with Gasteiger partial charge in [-0.2, -0.15) is 13.1 Å². The van der Waals surface area contributed by atoms with Crippen LogP contribution in [0.5, 0.6) is 0 Å². The average Bonchev–Trinajstić information content (AvgIpc) is 1.93. The van der Waals surface area contributed by atoms with E-state index < -0.39 is 107 Å². The fourth-order valence-corrected chi connectivity index (χ4v) is 14.5. The molecule has 0 spiro atoms. The lowest BCUT2D eigenvalue weighted by Crippen LogP contribution is -2.62. The van der Waals surface area contributed by atoms with Crippen molar-refractivity contribution in [3.63, 3.8) is 0 Å². The van der Waals surface area contributed by atoms with Gasteiger partial charge in [-0.15, -0.1) is 11.3 Å². The van der Waals surface area contributed by atoms with Crippen LogP contribution in [0.4, 0.5) is 8.78 Å². The highest BCUT2D eigenvalue weighted by Gasteiger charge is 2.51. The number of nitrogens with two attached hydrogens (primary N) is 1. The second kappa shape index (κ2) is 26.5. The van der Waals surface area contributed by atoms with Gasteiger partial charge in [-0.1, -0.05) is 69.0 Å². The van der Waals surface area contributed by atoms with Gasteiger partial charge in [0.25, 0.3) is 11.8 Å². The maximum absolute atomic E-state index is 14.8. The van der Waals surface area contributed by atoms with Crippen molar-refractivity contribution >= 4 is 92.2 Å². The Balaban J connectivity index is 0.879. The second-order valence-corrected chi connectivity index (χ2v) is 29.2. The van der Waals surface area contributed by atoms with Crippen LogP contribution < -0.4 is 27.0 Å². The van der Waals surface area contributed by atoms with Crippen molar-refractivity contribution in [1.29, 1.82) is 0 Å². The van der Waals surface area contributed by atoms with Crippen LogP contribution >= 0.6 is 18.9 Å². The lowest BCUT2D eigenvalue weighted by Gasteiger charge is -2.38. The quantitative estimate of drug-likeness (QED) is 0.0423. The van der Waals surface area contributed by atoms with Gasteiger partial charge in [0.2, 0.25) is 51.4 Å². The van der Waals surface area contributed by atoms with E-state index in [0.29, 0.717) is 43.5 Å². The third-order valence-corrected chi connectivity index (χ3v) is 20.7. The first-order valence-electron chi connectivity index (χ1n) is 29.5. The van der Waals surface area contributed by atoms with Crippen molar-refractivity contribution in [2.24, 2.45) is 11.7 Å². The monoisotopic (exact) mass is 1290 g/mol. The maximum Gasteiger partial charge on any atom is 0.399 e. The number of piperidine rings is 2. The van der Waals surface area contributed by atoms with Crippen molar-refractivity contribution in [2.45, 2.75) is 152 Å². The minimum absolute atomic E-state index is 0.0266. The molecule has 0 aliphatic carbocycles. The summed E-state index contributed by atoms with van der Waals surface area (Å²) in [6, 6.07) is 9.94. The summed E-state index contributed by atoms with van der Waals surface area (Å²) < 4.78 is 68.3. The number of sulfonamides is 1. The number of fused-ring (bicyclic) bond motifs is 3. The fourth-order valence-electron chi connectivity index (χ4n) is 12.2. The average molecular weight is 1290 g/mol. The molecule has 0 radical (unpaired) electrons. The number of carbonyl (C=O) groups is 9. The number of hydrogen-bond acceptors (Lipinski definition) is 13. The van der Waals surface area contributed by atoms with Gasteiger partial charge < -0.3 is 46.2 Å². The molecule has 1 aromatic heterocycles. The normalized spacial score (nSPS) is 21.2. The lowest BCUT2D eigenvalue weighted by molar-refractivity contribution is -0.144. The van der Waals surface area contributed by atoms with E-state index in [0.717, 1.165) is 63.2 Å². The molecule has 6 heterocycles. The first kappa shape index (κ1) is 66.0. The minimum Gasteiger partial charge on any atom is -0.370 e. The predicted octanol–water partition coefficient (Wildman–Crippen LogP) is 3.86. The number of amides is 9. The number of imide groups is 1. The van der Waals surface area contributed by atoms with Gasteiger partial charge in [-0.25, -0.2) is 8.42 Å². The lowest BCUT2D eigenvalue weighted by atomic mass is 9.86. The van der Waals surface area contributed by atoms with Crippen LogP contribution in [0, 0.1) is 17.8 Å². The molecule has 0 saturated carbocycles. The highest BCUT2D eigenvalue weighted by molar-refractivity contribution is 7.88. The Morgan fingerprint density at radius 2 is 1.60 bits per heavy atom. The van der Waals surface area contributed by atoms with Crippen LogP contribution in [0.2, 0.25) is 0 Å². The van der Waals surface area contributed by atoms with Crippen LogP contribution in [0.15, 0.2) is 66.7 Å². The zero-order valence-electron chi connectivity index (χ0n) is 49.6. The summed E-state index contributed by atoms with van der Waals surface area (Å²) in [5.41, 5.74) is 3.49. The van der Waals surface area contributed by atoms with E-state index in [1.54, 1.807) is 17.0 Å². The molecule has 4 saturated heterocycles. The van der Waals surface area contributed by atoms with Gasteiger partial charge in [-0.05, 0) is 115 Å². The number of primary amides is 1. The Kier molecular flexibility index (Phi) is 19.7. The van der Waals surface area contributed by atoms with Crippen LogP contribution in [0.3, 0.4) is 0 Å². The molecule has 89 heavy (non-hydrogen) atoms. The SMILES string of the molecule is CC(C)(C)c1ccc(C[C@H](NC(=O)[C@H](CCC(N)=O)NC(=O)[C@@H]2CC[C@@H]3CCN(S(C)(=O)=O)C[C@H](NC(=O)c4cc5cc(C(F)(F)P(=O)(O)O)ccc5s4)C(=O)N32)C(=O)N2CCC(CCC#Cc3cccc4c3CN(C3CCC(=O)NC3=O)C4=O)CC2)cc1. The zero-order chi connectivity index (χ0) is 64.5. The summed E-state index contributed by atoms with van der Waals surface area (Å²) in [6.07, 6.45) is 3.58. The molecule has 5 aliphatic rings. The van der Waals surface area contributed by atoms with Gasteiger partial charge in [0.05, 0.1) is 11.1 Å². The number of nitrogens with one attached hydrogen (secondary N) is 4. The van der Waals surface area contributed by atoms with Crippen molar-refractivity contribution in [2.75, 3.05) is 32.4 Å². The first-order valence-corrected chi connectivity index (χ1v) is 33.7. The largest absolute Gasteiger partial charge is 0.399 e. The van der Waals surface area contributed by atoms with Gasteiger partial charge in [0, 0.05) is 85.8 Å². The molecular formula is C61H72F2N9O14PS2. The molecule has 0 bridgehead atoms. The van der Waals surface area contributed by atoms with Crippen molar-refractivity contribution in [1.82, 2.24) is 40.3 Å². The van der Waals surface area contributed by atoms with Gasteiger partial charge in [0.1, 0.15) is 30.2 Å². The molecule has 476 valence electrons. The summed E-state index contributed by atoms with van der Waals surface area (Å²) in [5, 5.41) is 10.5. The number of rotatable bonds is 18. The van der Waals surface area contributed by atoms with Crippen LogP contribution in [0.25, 0.3) is 10.1 Å². The Morgan fingerprint density at radius 1 is 0.888 bits per heavy atom. The summed E-state index contributed by atoms with van der Waals surface area (Å²) in [4.78, 5) is 146. The van der Waals surface area contributed by atoms with Crippen molar-refractivity contribution in [3.05, 3.63) is 105 Å². The minimum atomic E-state index is -5.93. The van der Waals surface area contributed by atoms with Crippen LogP contribution in [0.1, 0.15) is 139 Å². The van der Waals surface area contributed by atoms with Gasteiger partial charge in [0.15, 0.2) is 0 Å². The first-order chi connectivity index (χ1) is 41.9. The standard InChI is InChI=1S/C61H72F2N9O14PS2/c1-60(2,3)39-14-12-36(13-15-39)30-45(58(80)69-27-24-35(25-28-69)8-5-6-9-37-10-7-11-42-43(37)33-71(57(42)79)47-20-23-52(74)68-54(47)76)66-53(75)44(18-22-51(64)73)65-55(77)48-19-17-41-26-29-70(89(4,85)86)34-46(59(81)72(41)48)67-56(78)50-32-38-31-40(16-21-49(38)88-50)61(62,63)87(82,83)84/h7,10-16,21,31-32,35,41,44-48H,5,8,17-20,22-30,33-34H2,1-4H3,(H2,64,73)(H,65,77)(H,66,75)(H,67,78)(H,68,74,76)(H2,82,83,84)/t41-,44+,45+,46+,47?,48+/m1/s1. The second-order valence-electron chi connectivity index (χ2n) is 24.5. The fraction of sp³-hybridized carbons (Fsp3) is 0.492. The molecule has 4 aromatic rings. The summed E-state index contributed by atoms with van der Waals surface area (Å²) in [5.74, 6) is 0.979. The molecule has 9 rings (SSSR count). The van der Waals surface area contributed by atoms with Crippen molar-refractivity contribution in [3.8, 4) is 11.8 Å². The number of halogens is 2. The molecule has 5 aliphatic heterocycles. The molecule has 1 unspecified atom stereocenters. The van der Waals surface area contributed by atoms with E-state index in [2.05, 4.69) is 53.9 Å². The van der Waals surface area contributed by atoms with E-state index in [4.69, 9.17) is 5.73 Å². The highest BCUT2D eigenvalue weighted by Crippen LogP contribution is 2.59. The molecule has 3 aromatic carbocycles. The summed E-state index contributed by atoms with van der Waals surface area (Å²) >= 11 is 0.811.